The maximum atomic E-state index is 10.3. The topological polar surface area (TPSA) is 43.4 Å². The Bertz CT molecular complexity index is 116. The lowest BCUT2D eigenvalue weighted by molar-refractivity contribution is -0.153. The van der Waals surface area contributed by atoms with Crippen molar-refractivity contribution in [3.63, 3.8) is 0 Å². The molecule has 0 aromatic heterocycles. The predicted molar refractivity (Wildman–Crippen MR) is 36.5 cm³/mol. The fourth-order valence-corrected chi connectivity index (χ4v) is 0.647. The fourth-order valence-electron chi connectivity index (χ4n) is 0.647. The quantitative estimate of drug-likeness (QED) is 0.334. The second kappa shape index (κ2) is 4.97. The first-order valence-electron chi connectivity index (χ1n) is 3.40. The van der Waals surface area contributed by atoms with Gasteiger partial charge >= 0.3 is 5.97 Å². The van der Waals surface area contributed by atoms with E-state index in [1.165, 1.54) is 0 Å². The van der Waals surface area contributed by atoms with Crippen molar-refractivity contribution < 1.29 is 14.3 Å². The molecule has 0 rings (SSSR count). The van der Waals surface area contributed by atoms with Crippen LogP contribution in [0.4, 0.5) is 0 Å². The Morgan fingerprint density at radius 3 is 2.30 bits per heavy atom. The van der Waals surface area contributed by atoms with Gasteiger partial charge in [0.05, 0.1) is 0 Å². The molecule has 0 unspecified atom stereocenters. The van der Waals surface area contributed by atoms with Gasteiger partial charge in [-0.15, -0.1) is 0 Å². The molecule has 0 aromatic rings. The van der Waals surface area contributed by atoms with Crippen LogP contribution in [-0.4, -0.2) is 18.4 Å². The summed E-state index contributed by atoms with van der Waals surface area (Å²) in [6.07, 6.45) is 1.61. The highest BCUT2D eigenvalue weighted by Gasteiger charge is 2.07. The van der Waals surface area contributed by atoms with E-state index in [0.717, 1.165) is 12.8 Å². The van der Waals surface area contributed by atoms with Crippen LogP contribution in [0.5, 0.6) is 0 Å². The zero-order chi connectivity index (χ0) is 7.98. The summed E-state index contributed by atoms with van der Waals surface area (Å²) in [5.41, 5.74) is 0. The number of hydrogen-bond acceptors (Lipinski definition) is 3. The lowest BCUT2D eigenvalue weighted by Crippen LogP contribution is -2.16. The van der Waals surface area contributed by atoms with Crippen LogP contribution in [0.2, 0.25) is 0 Å². The Kier molecular flexibility index (Phi) is 4.54. The molecular weight excluding hydrogens is 132 g/mol. The number of aldehydes is 1. The van der Waals surface area contributed by atoms with Crippen molar-refractivity contribution in [1.82, 2.24) is 0 Å². The van der Waals surface area contributed by atoms with E-state index in [1.807, 2.05) is 13.8 Å². The zero-order valence-electron chi connectivity index (χ0n) is 6.29. The molecule has 0 aliphatic heterocycles. The van der Waals surface area contributed by atoms with Gasteiger partial charge in [0.1, 0.15) is 6.10 Å². The van der Waals surface area contributed by atoms with Crippen LogP contribution in [0.1, 0.15) is 26.7 Å². The highest BCUT2D eigenvalue weighted by atomic mass is 16.5. The average Bonchev–Trinajstić information content (AvgIpc) is 1.99. The molecule has 3 heteroatoms. The van der Waals surface area contributed by atoms with E-state index in [2.05, 4.69) is 0 Å². The molecule has 0 aliphatic carbocycles. The first-order chi connectivity index (χ1) is 4.74. The van der Waals surface area contributed by atoms with Gasteiger partial charge in [-0.2, -0.15) is 0 Å². The van der Waals surface area contributed by atoms with Crippen molar-refractivity contribution in [3.8, 4) is 0 Å². The second-order valence-corrected chi connectivity index (χ2v) is 1.99. The number of carbonyl (C=O) groups is 2. The first-order valence-corrected chi connectivity index (χ1v) is 3.40. The molecule has 58 valence electrons. The van der Waals surface area contributed by atoms with Crippen molar-refractivity contribution in [2.45, 2.75) is 32.8 Å². The Morgan fingerprint density at radius 2 is 2.00 bits per heavy atom. The van der Waals surface area contributed by atoms with Gasteiger partial charge in [0.2, 0.25) is 6.29 Å². The van der Waals surface area contributed by atoms with Crippen molar-refractivity contribution in [2.75, 3.05) is 0 Å². The van der Waals surface area contributed by atoms with E-state index in [0.29, 0.717) is 0 Å². The molecular formula is C7H12O3. The molecule has 0 N–H and O–H groups in total. The molecule has 0 saturated heterocycles. The summed E-state index contributed by atoms with van der Waals surface area (Å²) in [5, 5.41) is 0. The smallest absolute Gasteiger partial charge is 0.371 e. The Balaban J connectivity index is 3.62. The average molecular weight is 144 g/mol. The molecule has 10 heavy (non-hydrogen) atoms. The monoisotopic (exact) mass is 144 g/mol. The molecule has 0 atom stereocenters. The van der Waals surface area contributed by atoms with E-state index in [9.17, 15) is 9.59 Å². The third-order valence-electron chi connectivity index (χ3n) is 1.29. The Morgan fingerprint density at radius 1 is 1.50 bits per heavy atom. The van der Waals surface area contributed by atoms with Crippen molar-refractivity contribution >= 4 is 12.3 Å². The van der Waals surface area contributed by atoms with Gasteiger partial charge < -0.3 is 4.74 Å². The Hall–Kier alpha value is -0.860. The van der Waals surface area contributed by atoms with Gasteiger partial charge in [-0.1, -0.05) is 13.8 Å². The van der Waals surface area contributed by atoms with E-state index in [-0.39, 0.29) is 12.4 Å². The van der Waals surface area contributed by atoms with Crippen molar-refractivity contribution in [1.29, 1.82) is 0 Å². The minimum Gasteiger partial charge on any atom is -0.457 e. The second-order valence-electron chi connectivity index (χ2n) is 1.99. The van der Waals surface area contributed by atoms with Gasteiger partial charge in [-0.25, -0.2) is 4.79 Å². The highest BCUT2D eigenvalue weighted by molar-refractivity contribution is 6.20. The van der Waals surface area contributed by atoms with Crippen molar-refractivity contribution in [2.24, 2.45) is 0 Å². The van der Waals surface area contributed by atoms with E-state index in [4.69, 9.17) is 4.74 Å². The summed E-state index contributed by atoms with van der Waals surface area (Å²) in [5.74, 6) is -0.770. The first kappa shape index (κ1) is 9.14. The lowest BCUT2D eigenvalue weighted by atomic mass is 10.2. The van der Waals surface area contributed by atoms with E-state index >= 15 is 0 Å². The molecule has 0 aromatic carbocycles. The molecule has 0 bridgehead atoms. The van der Waals surface area contributed by atoms with Crippen molar-refractivity contribution in [3.05, 3.63) is 0 Å². The summed E-state index contributed by atoms with van der Waals surface area (Å²) >= 11 is 0. The van der Waals surface area contributed by atoms with Gasteiger partial charge in [0, 0.05) is 0 Å². The van der Waals surface area contributed by atoms with Crippen LogP contribution in [0.3, 0.4) is 0 Å². The van der Waals surface area contributed by atoms with Crippen LogP contribution in [0.15, 0.2) is 0 Å². The normalized spacial score (nSPS) is 9.50. The number of carbonyl (C=O) groups excluding carboxylic acids is 2. The maximum Gasteiger partial charge on any atom is 0.371 e. The van der Waals surface area contributed by atoms with E-state index < -0.39 is 5.97 Å². The minimum absolute atomic E-state index is 0.0994. The number of ether oxygens (including phenoxy) is 1. The SMILES string of the molecule is CCC(CC)OC(=O)C=O. The van der Waals surface area contributed by atoms with Gasteiger partial charge in [0.25, 0.3) is 0 Å². The predicted octanol–water partition coefficient (Wildman–Crippen LogP) is 0.917. The molecule has 0 aliphatic rings. The molecule has 0 heterocycles. The van der Waals surface area contributed by atoms with Crippen LogP contribution < -0.4 is 0 Å². The third-order valence-corrected chi connectivity index (χ3v) is 1.29. The summed E-state index contributed by atoms with van der Waals surface area (Å²) < 4.78 is 4.69. The van der Waals surface area contributed by atoms with Crippen LogP contribution in [0.25, 0.3) is 0 Å². The highest BCUT2D eigenvalue weighted by Crippen LogP contribution is 2.01. The number of esters is 1. The zero-order valence-corrected chi connectivity index (χ0v) is 6.29. The minimum atomic E-state index is -0.770. The van der Waals surface area contributed by atoms with Gasteiger partial charge in [-0.3, -0.25) is 4.79 Å². The summed E-state index contributed by atoms with van der Waals surface area (Å²) in [6, 6.07) is 0. The van der Waals surface area contributed by atoms with Crippen LogP contribution >= 0.6 is 0 Å². The molecule has 0 saturated carbocycles. The van der Waals surface area contributed by atoms with E-state index in [1.54, 1.807) is 0 Å². The third kappa shape index (κ3) is 3.22. The summed E-state index contributed by atoms with van der Waals surface area (Å²) in [6.45, 7) is 3.82. The largest absolute Gasteiger partial charge is 0.457 e. The number of rotatable bonds is 4. The molecule has 0 radical (unpaired) electrons. The van der Waals surface area contributed by atoms with Crippen LogP contribution in [0, 0.1) is 0 Å². The summed E-state index contributed by atoms with van der Waals surface area (Å²) in [4.78, 5) is 20.1. The summed E-state index contributed by atoms with van der Waals surface area (Å²) in [7, 11) is 0. The fraction of sp³-hybridized carbons (Fsp3) is 0.714. The molecule has 3 nitrogen and oxygen atoms in total. The van der Waals surface area contributed by atoms with Gasteiger partial charge in [-0.05, 0) is 12.8 Å². The molecule has 0 spiro atoms. The van der Waals surface area contributed by atoms with Gasteiger partial charge in [0.15, 0.2) is 0 Å². The molecule has 0 fully saturated rings. The van der Waals surface area contributed by atoms with Crippen LogP contribution in [-0.2, 0) is 14.3 Å². The number of hydrogen-bond donors (Lipinski definition) is 0. The Labute approximate surface area is 60.4 Å². The lowest BCUT2D eigenvalue weighted by Gasteiger charge is -2.10. The molecule has 0 amide bonds. The maximum absolute atomic E-state index is 10.3. The standard InChI is InChI=1S/C7H12O3/c1-3-6(4-2)10-7(9)5-8/h5-6H,3-4H2,1-2H3.